The molecular weight excluding hydrogens is 288 g/mol. The number of sulfonamides is 1. The maximum absolute atomic E-state index is 12.0. The highest BCUT2D eigenvalue weighted by Crippen LogP contribution is 2.23. The Kier molecular flexibility index (Phi) is 4.59. The molecule has 0 radical (unpaired) electrons. The lowest BCUT2D eigenvalue weighted by atomic mass is 10.1. The van der Waals surface area contributed by atoms with Crippen molar-refractivity contribution >= 4 is 25.5 Å². The fourth-order valence-corrected chi connectivity index (χ4v) is 5.06. The average molecular weight is 306 g/mol. The smallest absolute Gasteiger partial charge is 0.228 e. The molecule has 1 aromatic carbocycles. The maximum Gasteiger partial charge on any atom is 0.228 e. The van der Waals surface area contributed by atoms with Gasteiger partial charge in [-0.2, -0.15) is 4.31 Å². The molecule has 0 heterocycles. The van der Waals surface area contributed by atoms with Crippen molar-refractivity contribution in [3.8, 4) is 0 Å². The van der Waals surface area contributed by atoms with E-state index in [1.54, 1.807) is 31.2 Å². The van der Waals surface area contributed by atoms with Gasteiger partial charge < -0.3 is 5.73 Å². The van der Waals surface area contributed by atoms with Crippen LogP contribution in [0.2, 0.25) is 0 Å². The van der Waals surface area contributed by atoms with Crippen molar-refractivity contribution in [2.24, 2.45) is 0 Å². The molecule has 6 nitrogen and oxygen atoms in total. The minimum atomic E-state index is -3.87. The van der Waals surface area contributed by atoms with Crippen molar-refractivity contribution in [3.63, 3.8) is 0 Å². The molecule has 0 aliphatic carbocycles. The topological polar surface area (TPSA) is 97.5 Å². The fourth-order valence-electron chi connectivity index (χ4n) is 1.62. The van der Waals surface area contributed by atoms with Crippen LogP contribution in [0.1, 0.15) is 18.5 Å². The van der Waals surface area contributed by atoms with Gasteiger partial charge in [-0.3, -0.25) is 0 Å². The van der Waals surface area contributed by atoms with E-state index in [-0.39, 0.29) is 0 Å². The molecule has 0 aliphatic heterocycles. The van der Waals surface area contributed by atoms with Crippen LogP contribution < -0.4 is 5.73 Å². The number of nitrogens with two attached hydrogens (primary N) is 1. The van der Waals surface area contributed by atoms with Crippen LogP contribution in [-0.4, -0.2) is 39.5 Å². The standard InChI is InChI=1S/C11H18N2O4S2/c1-9(10-5-4-6-11(12)7-10)13(2)19(16,17)8-18(3,14)15/h4-7,9H,8,12H2,1-3H3. The first-order valence-electron chi connectivity index (χ1n) is 5.52. The average Bonchev–Trinajstić information content (AvgIpc) is 2.23. The zero-order chi connectivity index (χ0) is 14.8. The van der Waals surface area contributed by atoms with Crippen LogP contribution in [0.5, 0.6) is 0 Å². The van der Waals surface area contributed by atoms with Crippen LogP contribution >= 0.6 is 0 Å². The van der Waals surface area contributed by atoms with E-state index >= 15 is 0 Å². The molecule has 0 aliphatic rings. The van der Waals surface area contributed by atoms with Gasteiger partial charge in [0.25, 0.3) is 0 Å². The molecule has 0 bridgehead atoms. The molecule has 0 amide bonds. The summed E-state index contributed by atoms with van der Waals surface area (Å²) in [6.45, 7) is 1.68. The highest BCUT2D eigenvalue weighted by atomic mass is 32.3. The van der Waals surface area contributed by atoms with Gasteiger partial charge >= 0.3 is 0 Å². The van der Waals surface area contributed by atoms with Gasteiger partial charge in [0.15, 0.2) is 14.9 Å². The predicted molar refractivity (Wildman–Crippen MR) is 75.7 cm³/mol. The molecule has 2 N–H and O–H groups in total. The number of benzene rings is 1. The monoisotopic (exact) mass is 306 g/mol. The minimum absolute atomic E-state index is 0.491. The summed E-state index contributed by atoms with van der Waals surface area (Å²) < 4.78 is 47.2. The molecule has 8 heteroatoms. The van der Waals surface area contributed by atoms with E-state index in [9.17, 15) is 16.8 Å². The summed E-state index contributed by atoms with van der Waals surface area (Å²) in [5.41, 5.74) is 6.88. The summed E-state index contributed by atoms with van der Waals surface area (Å²) in [5.74, 6) is 0. The molecule has 19 heavy (non-hydrogen) atoms. The number of hydrogen-bond acceptors (Lipinski definition) is 5. The molecule has 108 valence electrons. The molecule has 1 rings (SSSR count). The van der Waals surface area contributed by atoms with Gasteiger partial charge in [0.2, 0.25) is 10.0 Å². The summed E-state index contributed by atoms with van der Waals surface area (Å²) in [4.78, 5) is 0. The van der Waals surface area contributed by atoms with E-state index in [1.165, 1.54) is 7.05 Å². The molecule has 0 saturated carbocycles. The lowest BCUT2D eigenvalue weighted by molar-refractivity contribution is 0.401. The molecule has 0 spiro atoms. The van der Waals surface area contributed by atoms with E-state index in [0.29, 0.717) is 11.3 Å². The quantitative estimate of drug-likeness (QED) is 0.803. The largest absolute Gasteiger partial charge is 0.399 e. The second-order valence-corrected chi connectivity index (χ2v) is 9.05. The number of nitrogen functional groups attached to an aromatic ring is 1. The van der Waals surface area contributed by atoms with Crippen molar-refractivity contribution in [3.05, 3.63) is 29.8 Å². The van der Waals surface area contributed by atoms with Gasteiger partial charge in [0.05, 0.1) is 0 Å². The Hall–Kier alpha value is -1.12. The SMILES string of the molecule is CC(c1cccc(N)c1)N(C)S(=O)(=O)CS(C)(=O)=O. The fraction of sp³-hybridized carbons (Fsp3) is 0.455. The van der Waals surface area contributed by atoms with Crippen LogP contribution in [0.4, 0.5) is 5.69 Å². The van der Waals surface area contributed by atoms with Gasteiger partial charge in [0, 0.05) is 25.0 Å². The third-order valence-corrected chi connectivity index (χ3v) is 6.84. The van der Waals surface area contributed by atoms with Crippen LogP contribution in [0.25, 0.3) is 0 Å². The molecule has 0 saturated heterocycles. The van der Waals surface area contributed by atoms with E-state index in [0.717, 1.165) is 10.6 Å². The van der Waals surface area contributed by atoms with Crippen LogP contribution in [0.3, 0.4) is 0 Å². The Balaban J connectivity index is 3.03. The van der Waals surface area contributed by atoms with E-state index in [4.69, 9.17) is 5.73 Å². The molecular formula is C11H18N2O4S2. The second-order valence-electron chi connectivity index (χ2n) is 4.52. The third-order valence-electron chi connectivity index (χ3n) is 2.74. The lowest BCUT2D eigenvalue weighted by Crippen LogP contribution is -2.34. The zero-order valence-electron chi connectivity index (χ0n) is 11.1. The maximum atomic E-state index is 12.0. The number of anilines is 1. The van der Waals surface area contributed by atoms with Gasteiger partial charge in [-0.15, -0.1) is 0 Å². The van der Waals surface area contributed by atoms with Gasteiger partial charge in [0.1, 0.15) is 0 Å². The molecule has 1 unspecified atom stereocenters. The highest BCUT2D eigenvalue weighted by Gasteiger charge is 2.28. The summed E-state index contributed by atoms with van der Waals surface area (Å²) in [6.07, 6.45) is 0.892. The first-order chi connectivity index (χ1) is 8.53. The Morgan fingerprint density at radius 2 is 1.84 bits per heavy atom. The normalized spacial score (nSPS) is 14.5. The summed E-state index contributed by atoms with van der Waals surface area (Å²) >= 11 is 0. The second kappa shape index (κ2) is 5.48. The van der Waals surface area contributed by atoms with E-state index in [1.807, 2.05) is 0 Å². The van der Waals surface area contributed by atoms with Gasteiger partial charge in [-0.05, 0) is 24.6 Å². The Morgan fingerprint density at radius 1 is 1.26 bits per heavy atom. The Labute approximate surface area is 114 Å². The van der Waals surface area contributed by atoms with Gasteiger partial charge in [-0.1, -0.05) is 12.1 Å². The third kappa shape index (κ3) is 4.48. The van der Waals surface area contributed by atoms with Crippen molar-refractivity contribution in [2.45, 2.75) is 13.0 Å². The molecule has 1 atom stereocenters. The summed E-state index contributed by atoms with van der Waals surface area (Å²) in [7, 11) is -6.12. The van der Waals surface area contributed by atoms with Crippen LogP contribution in [-0.2, 0) is 19.9 Å². The van der Waals surface area contributed by atoms with Crippen molar-refractivity contribution in [2.75, 3.05) is 24.1 Å². The predicted octanol–water partition coefficient (Wildman–Crippen LogP) is 0.594. The van der Waals surface area contributed by atoms with E-state index < -0.39 is 31.0 Å². The number of rotatable bonds is 5. The van der Waals surface area contributed by atoms with Crippen LogP contribution in [0, 0.1) is 0 Å². The van der Waals surface area contributed by atoms with Gasteiger partial charge in [-0.25, -0.2) is 16.8 Å². The first-order valence-corrected chi connectivity index (χ1v) is 9.19. The highest BCUT2D eigenvalue weighted by molar-refractivity contribution is 8.06. The molecule has 0 fully saturated rings. The Morgan fingerprint density at radius 3 is 2.32 bits per heavy atom. The van der Waals surface area contributed by atoms with Crippen LogP contribution in [0.15, 0.2) is 24.3 Å². The van der Waals surface area contributed by atoms with E-state index in [2.05, 4.69) is 0 Å². The number of sulfone groups is 1. The summed E-state index contributed by atoms with van der Waals surface area (Å²) in [5, 5.41) is -0.900. The first kappa shape index (κ1) is 15.9. The van der Waals surface area contributed by atoms with Crippen molar-refractivity contribution in [1.29, 1.82) is 0 Å². The lowest BCUT2D eigenvalue weighted by Gasteiger charge is -2.24. The van der Waals surface area contributed by atoms with Crippen molar-refractivity contribution in [1.82, 2.24) is 4.31 Å². The number of hydrogen-bond donors (Lipinski definition) is 1. The minimum Gasteiger partial charge on any atom is -0.399 e. The Bertz CT molecular complexity index is 653. The summed E-state index contributed by atoms with van der Waals surface area (Å²) in [6, 6.07) is 6.33. The van der Waals surface area contributed by atoms with Crippen molar-refractivity contribution < 1.29 is 16.8 Å². The number of nitrogens with zero attached hydrogens (tertiary/aromatic N) is 1. The zero-order valence-corrected chi connectivity index (χ0v) is 12.7. The molecule has 0 aromatic heterocycles. The molecule has 1 aromatic rings.